The van der Waals surface area contributed by atoms with E-state index in [0.717, 1.165) is 12.8 Å². The van der Waals surface area contributed by atoms with Crippen LogP contribution in [0.4, 0.5) is 0 Å². The van der Waals surface area contributed by atoms with E-state index in [9.17, 15) is 4.79 Å². The van der Waals surface area contributed by atoms with Crippen LogP contribution < -0.4 is 0 Å². The molecule has 3 unspecified atom stereocenters. The standard InChI is InChI=1S/C10H17ClO4/c1-13-10(14-2)7-3-8(11)5-9(4-7)15-6-12/h6-10H,3-5H2,1-2H3. The lowest BCUT2D eigenvalue weighted by Crippen LogP contribution is -2.36. The van der Waals surface area contributed by atoms with E-state index >= 15 is 0 Å². The largest absolute Gasteiger partial charge is 0.465 e. The Morgan fingerprint density at radius 1 is 1.27 bits per heavy atom. The lowest BCUT2D eigenvalue weighted by molar-refractivity contribution is -0.158. The second-order valence-electron chi connectivity index (χ2n) is 3.76. The molecular formula is C10H17ClO4. The van der Waals surface area contributed by atoms with Crippen molar-refractivity contribution in [3.8, 4) is 0 Å². The minimum Gasteiger partial charge on any atom is -0.465 e. The monoisotopic (exact) mass is 236 g/mol. The van der Waals surface area contributed by atoms with Gasteiger partial charge >= 0.3 is 0 Å². The zero-order chi connectivity index (χ0) is 11.3. The van der Waals surface area contributed by atoms with E-state index in [4.69, 9.17) is 25.8 Å². The molecule has 88 valence electrons. The molecule has 1 aliphatic rings. The third kappa shape index (κ3) is 3.63. The van der Waals surface area contributed by atoms with E-state index in [-0.39, 0.29) is 23.7 Å². The molecule has 0 amide bonds. The first-order chi connectivity index (χ1) is 7.21. The van der Waals surface area contributed by atoms with E-state index < -0.39 is 0 Å². The number of carbonyl (C=O) groups excluding carboxylic acids is 1. The molecule has 1 saturated carbocycles. The summed E-state index contributed by atoms with van der Waals surface area (Å²) < 4.78 is 15.3. The molecule has 3 atom stereocenters. The van der Waals surface area contributed by atoms with Gasteiger partial charge in [0.2, 0.25) is 0 Å². The zero-order valence-corrected chi connectivity index (χ0v) is 9.77. The highest BCUT2D eigenvalue weighted by molar-refractivity contribution is 6.20. The van der Waals surface area contributed by atoms with Gasteiger partial charge in [-0.15, -0.1) is 11.6 Å². The Bertz CT molecular complexity index is 196. The van der Waals surface area contributed by atoms with Crippen LogP contribution >= 0.6 is 11.6 Å². The fourth-order valence-corrected chi connectivity index (χ4v) is 2.56. The van der Waals surface area contributed by atoms with Crippen molar-refractivity contribution in [2.45, 2.75) is 37.0 Å². The molecule has 1 fully saturated rings. The molecule has 1 aliphatic carbocycles. The topological polar surface area (TPSA) is 44.8 Å². The van der Waals surface area contributed by atoms with Gasteiger partial charge < -0.3 is 14.2 Å². The summed E-state index contributed by atoms with van der Waals surface area (Å²) in [6, 6.07) is 0. The van der Waals surface area contributed by atoms with Crippen LogP contribution in [-0.2, 0) is 19.0 Å². The molecule has 5 heteroatoms. The first kappa shape index (κ1) is 12.7. The van der Waals surface area contributed by atoms with Crippen LogP contribution in [0.2, 0.25) is 0 Å². The molecule has 0 saturated heterocycles. The van der Waals surface area contributed by atoms with Gasteiger partial charge in [0, 0.05) is 31.9 Å². The summed E-state index contributed by atoms with van der Waals surface area (Å²) in [5, 5.41) is 0.0153. The Balaban J connectivity index is 2.53. The Morgan fingerprint density at radius 3 is 2.47 bits per heavy atom. The van der Waals surface area contributed by atoms with Gasteiger partial charge in [0.1, 0.15) is 6.10 Å². The molecule has 0 aromatic heterocycles. The lowest BCUT2D eigenvalue weighted by Gasteiger charge is -2.34. The number of ether oxygens (including phenoxy) is 3. The highest BCUT2D eigenvalue weighted by Gasteiger charge is 2.33. The number of methoxy groups -OCH3 is 2. The van der Waals surface area contributed by atoms with E-state index in [1.807, 2.05) is 0 Å². The Kier molecular flexibility index (Phi) is 5.36. The van der Waals surface area contributed by atoms with Crippen LogP contribution in [0.3, 0.4) is 0 Å². The fourth-order valence-electron chi connectivity index (χ4n) is 2.13. The SMILES string of the molecule is COC(OC)C1CC(Cl)CC(OC=O)C1. The van der Waals surface area contributed by atoms with Crippen LogP contribution in [0, 0.1) is 5.92 Å². The number of halogens is 1. The molecule has 1 rings (SSSR count). The summed E-state index contributed by atoms with van der Waals surface area (Å²) in [7, 11) is 3.20. The minimum atomic E-state index is -0.274. The Labute approximate surface area is 94.8 Å². The summed E-state index contributed by atoms with van der Waals surface area (Å²) in [5.41, 5.74) is 0. The van der Waals surface area contributed by atoms with Crippen LogP contribution in [0.25, 0.3) is 0 Å². The molecule has 0 aromatic carbocycles. The van der Waals surface area contributed by atoms with E-state index in [2.05, 4.69) is 0 Å². The molecule has 15 heavy (non-hydrogen) atoms. The van der Waals surface area contributed by atoms with E-state index in [1.165, 1.54) is 0 Å². The average Bonchev–Trinajstić information content (AvgIpc) is 2.19. The van der Waals surface area contributed by atoms with Gasteiger partial charge in [0.15, 0.2) is 6.29 Å². The first-order valence-electron chi connectivity index (χ1n) is 5.00. The first-order valence-corrected chi connectivity index (χ1v) is 5.43. The molecule has 0 spiro atoms. The predicted octanol–water partition coefficient (Wildman–Crippen LogP) is 1.55. The molecular weight excluding hydrogens is 220 g/mol. The fraction of sp³-hybridized carbons (Fsp3) is 0.900. The summed E-state index contributed by atoms with van der Waals surface area (Å²) >= 11 is 6.09. The highest BCUT2D eigenvalue weighted by atomic mass is 35.5. The average molecular weight is 237 g/mol. The van der Waals surface area contributed by atoms with Crippen molar-refractivity contribution in [1.82, 2.24) is 0 Å². The van der Waals surface area contributed by atoms with Crippen molar-refractivity contribution in [2.24, 2.45) is 5.92 Å². The summed E-state index contributed by atoms with van der Waals surface area (Å²) in [6.45, 7) is 0.477. The van der Waals surface area contributed by atoms with E-state index in [0.29, 0.717) is 12.9 Å². The van der Waals surface area contributed by atoms with E-state index in [1.54, 1.807) is 14.2 Å². The number of hydrogen-bond donors (Lipinski definition) is 0. The van der Waals surface area contributed by atoms with Crippen LogP contribution in [-0.4, -0.2) is 38.5 Å². The maximum absolute atomic E-state index is 10.3. The Hall–Kier alpha value is -0.320. The van der Waals surface area contributed by atoms with Crippen LogP contribution in [0.1, 0.15) is 19.3 Å². The van der Waals surface area contributed by atoms with Crippen molar-refractivity contribution in [1.29, 1.82) is 0 Å². The van der Waals surface area contributed by atoms with Crippen molar-refractivity contribution in [2.75, 3.05) is 14.2 Å². The van der Waals surface area contributed by atoms with Gasteiger partial charge in [0.25, 0.3) is 6.47 Å². The molecule has 0 bridgehead atoms. The second-order valence-corrected chi connectivity index (χ2v) is 4.38. The van der Waals surface area contributed by atoms with Gasteiger partial charge in [-0.2, -0.15) is 0 Å². The predicted molar refractivity (Wildman–Crippen MR) is 55.7 cm³/mol. The zero-order valence-electron chi connectivity index (χ0n) is 9.02. The smallest absolute Gasteiger partial charge is 0.293 e. The second kappa shape index (κ2) is 6.30. The maximum atomic E-state index is 10.3. The van der Waals surface area contributed by atoms with Crippen LogP contribution in [0.15, 0.2) is 0 Å². The summed E-state index contributed by atoms with van der Waals surface area (Å²) in [4.78, 5) is 10.3. The molecule has 4 nitrogen and oxygen atoms in total. The molecule has 0 aliphatic heterocycles. The maximum Gasteiger partial charge on any atom is 0.293 e. The quantitative estimate of drug-likeness (QED) is 0.413. The third-order valence-electron chi connectivity index (χ3n) is 2.74. The van der Waals surface area contributed by atoms with Gasteiger partial charge in [0.05, 0.1) is 0 Å². The third-order valence-corrected chi connectivity index (χ3v) is 3.10. The molecule has 0 N–H and O–H groups in total. The van der Waals surface area contributed by atoms with Crippen LogP contribution in [0.5, 0.6) is 0 Å². The van der Waals surface area contributed by atoms with Gasteiger partial charge in [-0.3, -0.25) is 4.79 Å². The normalized spacial score (nSPS) is 31.6. The number of hydrogen-bond acceptors (Lipinski definition) is 4. The Morgan fingerprint density at radius 2 is 1.93 bits per heavy atom. The summed E-state index contributed by atoms with van der Waals surface area (Å²) in [5.74, 6) is 0.182. The molecule has 0 radical (unpaired) electrons. The van der Waals surface area contributed by atoms with Crippen molar-refractivity contribution in [3.63, 3.8) is 0 Å². The summed E-state index contributed by atoms with van der Waals surface area (Å²) in [6.07, 6.45) is 1.89. The number of alkyl halides is 1. The van der Waals surface area contributed by atoms with Gasteiger partial charge in [-0.1, -0.05) is 0 Å². The van der Waals surface area contributed by atoms with Gasteiger partial charge in [-0.05, 0) is 12.8 Å². The minimum absolute atomic E-state index is 0.0153. The highest BCUT2D eigenvalue weighted by Crippen LogP contribution is 2.32. The van der Waals surface area contributed by atoms with Crippen molar-refractivity contribution in [3.05, 3.63) is 0 Å². The molecule has 0 aromatic rings. The van der Waals surface area contributed by atoms with Gasteiger partial charge in [-0.25, -0.2) is 0 Å². The molecule has 0 heterocycles. The van der Waals surface area contributed by atoms with Crippen molar-refractivity contribution < 1.29 is 19.0 Å². The number of carbonyl (C=O) groups is 1. The van der Waals surface area contributed by atoms with Crippen molar-refractivity contribution >= 4 is 18.1 Å². The lowest BCUT2D eigenvalue weighted by atomic mass is 9.86. The number of rotatable bonds is 5.